The first-order chi connectivity index (χ1) is 7.12. The average molecular weight is 230 g/mol. The monoisotopic (exact) mass is 230 g/mol. The third-order valence-corrected chi connectivity index (χ3v) is 4.54. The number of nitrogens with zero attached hydrogens (tertiary/aromatic N) is 2. The lowest BCUT2D eigenvalue weighted by atomic mass is 10.2. The number of hydrogen-bond acceptors (Lipinski definition) is 4. The van der Waals surface area contributed by atoms with E-state index in [4.69, 9.17) is 5.11 Å². The molecule has 1 saturated heterocycles. The zero-order valence-corrected chi connectivity index (χ0v) is 9.15. The Morgan fingerprint density at radius 3 is 3.07 bits per heavy atom. The van der Waals surface area contributed by atoms with Gasteiger partial charge in [0.1, 0.15) is 0 Å². The van der Waals surface area contributed by atoms with Crippen LogP contribution in [0.15, 0.2) is 12.5 Å². The van der Waals surface area contributed by atoms with E-state index in [-0.39, 0.29) is 24.2 Å². The quantitative estimate of drug-likeness (QED) is 0.783. The molecular formula is C9H14N2O3S. The van der Waals surface area contributed by atoms with Crippen molar-refractivity contribution in [3.8, 4) is 0 Å². The first kappa shape index (κ1) is 10.6. The molecule has 6 heteroatoms. The Morgan fingerprint density at radius 1 is 1.60 bits per heavy atom. The standard InChI is InChI=1S/C9H14N2O3S/c12-5-9-4-10-7-11(9)8-2-1-3-15(13,14)6-8/h4,7-8,12H,1-3,5-6H2. The first-order valence-corrected chi connectivity index (χ1v) is 6.76. The van der Waals surface area contributed by atoms with Crippen LogP contribution in [0.4, 0.5) is 0 Å². The van der Waals surface area contributed by atoms with Gasteiger partial charge in [-0.05, 0) is 12.8 Å². The smallest absolute Gasteiger partial charge is 0.152 e. The van der Waals surface area contributed by atoms with Gasteiger partial charge in [0.25, 0.3) is 0 Å². The highest BCUT2D eigenvalue weighted by Crippen LogP contribution is 2.24. The summed E-state index contributed by atoms with van der Waals surface area (Å²) >= 11 is 0. The Balaban J connectivity index is 2.24. The van der Waals surface area contributed by atoms with Gasteiger partial charge in [0.15, 0.2) is 9.84 Å². The largest absolute Gasteiger partial charge is 0.390 e. The van der Waals surface area contributed by atoms with E-state index in [1.165, 1.54) is 0 Å². The van der Waals surface area contributed by atoms with E-state index in [9.17, 15) is 8.42 Å². The maximum Gasteiger partial charge on any atom is 0.152 e. The van der Waals surface area contributed by atoms with Gasteiger partial charge in [0.2, 0.25) is 0 Å². The Bertz CT molecular complexity index is 438. The molecule has 84 valence electrons. The van der Waals surface area contributed by atoms with Gasteiger partial charge in [-0.1, -0.05) is 0 Å². The average Bonchev–Trinajstić information content (AvgIpc) is 2.63. The number of imidazole rings is 1. The van der Waals surface area contributed by atoms with Crippen molar-refractivity contribution >= 4 is 9.84 Å². The first-order valence-electron chi connectivity index (χ1n) is 4.94. The maximum absolute atomic E-state index is 11.5. The second-order valence-corrected chi connectivity index (χ2v) is 6.09. The Kier molecular flexibility index (Phi) is 2.79. The van der Waals surface area contributed by atoms with Crippen LogP contribution in [-0.2, 0) is 16.4 Å². The fourth-order valence-electron chi connectivity index (χ4n) is 2.00. The molecule has 1 aromatic rings. The molecule has 0 aliphatic carbocycles. The lowest BCUT2D eigenvalue weighted by molar-refractivity contribution is 0.265. The molecule has 0 radical (unpaired) electrons. The zero-order chi connectivity index (χ0) is 10.9. The molecule has 1 N–H and O–H groups in total. The van der Waals surface area contributed by atoms with Crippen molar-refractivity contribution < 1.29 is 13.5 Å². The minimum atomic E-state index is -2.91. The molecule has 15 heavy (non-hydrogen) atoms. The van der Waals surface area contributed by atoms with Crippen LogP contribution in [0.25, 0.3) is 0 Å². The molecule has 0 spiro atoms. The summed E-state index contributed by atoms with van der Waals surface area (Å²) in [4.78, 5) is 3.92. The highest BCUT2D eigenvalue weighted by atomic mass is 32.2. The molecule has 0 amide bonds. The second kappa shape index (κ2) is 3.94. The van der Waals surface area contributed by atoms with Crippen molar-refractivity contribution in [2.45, 2.75) is 25.5 Å². The van der Waals surface area contributed by atoms with Crippen LogP contribution in [0.3, 0.4) is 0 Å². The molecule has 1 aliphatic rings. The Hall–Kier alpha value is -0.880. The molecule has 1 fully saturated rings. The second-order valence-electron chi connectivity index (χ2n) is 3.86. The summed E-state index contributed by atoms with van der Waals surface area (Å²) in [5.41, 5.74) is 0.678. The van der Waals surface area contributed by atoms with Gasteiger partial charge < -0.3 is 9.67 Å². The zero-order valence-electron chi connectivity index (χ0n) is 8.33. The molecule has 2 rings (SSSR count). The molecule has 0 bridgehead atoms. The van der Waals surface area contributed by atoms with Gasteiger partial charge in [0.05, 0.1) is 36.3 Å². The fourth-order valence-corrected chi connectivity index (χ4v) is 3.69. The minimum Gasteiger partial charge on any atom is -0.390 e. The predicted octanol–water partition coefficient (Wildman–Crippen LogP) is 0.125. The third-order valence-electron chi connectivity index (χ3n) is 2.74. The number of aliphatic hydroxyl groups excluding tert-OH is 1. The van der Waals surface area contributed by atoms with Crippen LogP contribution in [-0.4, -0.2) is 34.6 Å². The lowest BCUT2D eigenvalue weighted by Crippen LogP contribution is -2.28. The molecule has 0 saturated carbocycles. The van der Waals surface area contributed by atoms with Crippen molar-refractivity contribution in [3.63, 3.8) is 0 Å². The molecule has 1 unspecified atom stereocenters. The van der Waals surface area contributed by atoms with Crippen molar-refractivity contribution in [1.82, 2.24) is 9.55 Å². The van der Waals surface area contributed by atoms with E-state index < -0.39 is 9.84 Å². The van der Waals surface area contributed by atoms with Crippen molar-refractivity contribution in [1.29, 1.82) is 0 Å². The van der Waals surface area contributed by atoms with E-state index in [1.807, 2.05) is 0 Å². The summed E-state index contributed by atoms with van der Waals surface area (Å²) in [6, 6.07) is -0.0617. The molecule has 5 nitrogen and oxygen atoms in total. The summed E-state index contributed by atoms with van der Waals surface area (Å²) in [7, 11) is -2.91. The molecule has 1 atom stereocenters. The fraction of sp³-hybridized carbons (Fsp3) is 0.667. The number of aromatic nitrogens is 2. The van der Waals surface area contributed by atoms with E-state index in [2.05, 4.69) is 4.98 Å². The normalized spacial score (nSPS) is 25.3. The highest BCUT2D eigenvalue weighted by Gasteiger charge is 2.26. The van der Waals surface area contributed by atoms with Crippen LogP contribution in [0.2, 0.25) is 0 Å². The predicted molar refractivity (Wildman–Crippen MR) is 55.1 cm³/mol. The van der Waals surface area contributed by atoms with E-state index in [0.29, 0.717) is 12.1 Å². The lowest BCUT2D eigenvalue weighted by Gasteiger charge is -2.24. The van der Waals surface area contributed by atoms with Gasteiger partial charge in [-0.2, -0.15) is 0 Å². The summed E-state index contributed by atoms with van der Waals surface area (Å²) in [5, 5.41) is 9.06. The molecule has 1 aliphatic heterocycles. The molecular weight excluding hydrogens is 216 g/mol. The van der Waals surface area contributed by atoms with E-state index >= 15 is 0 Å². The van der Waals surface area contributed by atoms with Gasteiger partial charge in [-0.3, -0.25) is 0 Å². The van der Waals surface area contributed by atoms with Gasteiger partial charge in [0, 0.05) is 6.04 Å². The molecule has 1 aromatic heterocycles. The molecule has 2 heterocycles. The summed E-state index contributed by atoms with van der Waals surface area (Å²) in [6.07, 6.45) is 4.69. The van der Waals surface area contributed by atoms with E-state index in [0.717, 1.165) is 6.42 Å². The van der Waals surface area contributed by atoms with Crippen molar-refractivity contribution in [2.24, 2.45) is 0 Å². The van der Waals surface area contributed by atoms with Gasteiger partial charge in [-0.25, -0.2) is 13.4 Å². The van der Waals surface area contributed by atoms with Crippen LogP contribution >= 0.6 is 0 Å². The third kappa shape index (κ3) is 2.21. The summed E-state index contributed by atoms with van der Waals surface area (Å²) in [6.45, 7) is -0.101. The summed E-state index contributed by atoms with van der Waals surface area (Å²) in [5.74, 6) is 0.447. The van der Waals surface area contributed by atoms with Crippen molar-refractivity contribution in [2.75, 3.05) is 11.5 Å². The van der Waals surface area contributed by atoms with E-state index in [1.54, 1.807) is 17.1 Å². The number of sulfone groups is 1. The highest BCUT2D eigenvalue weighted by molar-refractivity contribution is 7.91. The number of rotatable bonds is 2. The Labute approximate surface area is 88.7 Å². The molecule has 0 aromatic carbocycles. The van der Waals surface area contributed by atoms with Crippen LogP contribution in [0.5, 0.6) is 0 Å². The van der Waals surface area contributed by atoms with Crippen LogP contribution in [0.1, 0.15) is 24.6 Å². The van der Waals surface area contributed by atoms with Crippen molar-refractivity contribution in [3.05, 3.63) is 18.2 Å². The minimum absolute atomic E-state index is 0.0617. The number of aliphatic hydroxyl groups is 1. The summed E-state index contributed by atoms with van der Waals surface area (Å²) < 4.78 is 24.7. The van der Waals surface area contributed by atoms with Gasteiger partial charge in [-0.15, -0.1) is 0 Å². The maximum atomic E-state index is 11.5. The Morgan fingerprint density at radius 2 is 2.40 bits per heavy atom. The number of hydrogen-bond donors (Lipinski definition) is 1. The van der Waals surface area contributed by atoms with Crippen LogP contribution in [0, 0.1) is 0 Å². The van der Waals surface area contributed by atoms with Crippen LogP contribution < -0.4 is 0 Å². The van der Waals surface area contributed by atoms with Gasteiger partial charge >= 0.3 is 0 Å². The topological polar surface area (TPSA) is 72.2 Å². The SMILES string of the molecule is O=S1(=O)CCCC(n2cncc2CO)C1.